The summed E-state index contributed by atoms with van der Waals surface area (Å²) in [7, 11) is 0. The van der Waals surface area contributed by atoms with Crippen LogP contribution in [0.25, 0.3) is 0 Å². The van der Waals surface area contributed by atoms with Crippen molar-refractivity contribution in [3.8, 4) is 0 Å². The molecule has 0 saturated heterocycles. The van der Waals surface area contributed by atoms with E-state index in [1.165, 1.54) is 15.5 Å². The molecule has 1 aromatic rings. The second-order valence-corrected chi connectivity index (χ2v) is 6.67. The molecule has 0 aliphatic carbocycles. The lowest BCUT2D eigenvalue weighted by atomic mass is 10.4. The topological polar surface area (TPSA) is 12.0 Å². The molecular formula is C11H19NS2. The maximum atomic E-state index is 3.46. The maximum Gasteiger partial charge on any atom is 0.0300 e. The molecule has 1 nitrogen and oxygen atoms in total. The van der Waals surface area contributed by atoms with E-state index in [0.29, 0.717) is 0 Å². The zero-order valence-electron chi connectivity index (χ0n) is 9.17. The molecule has 0 unspecified atom stereocenters. The predicted molar refractivity (Wildman–Crippen MR) is 68.4 cm³/mol. The van der Waals surface area contributed by atoms with Crippen molar-refractivity contribution in [1.82, 2.24) is 5.32 Å². The van der Waals surface area contributed by atoms with Crippen molar-refractivity contribution in [3.63, 3.8) is 0 Å². The van der Waals surface area contributed by atoms with Crippen LogP contribution in [-0.2, 0) is 6.54 Å². The molecule has 0 bridgehead atoms. The standard InChI is InChI=1S/C11H19NS2/c1-9(2)13-7-6-12-8-11-5-4-10(3)14-11/h4-5,9,12H,6-8H2,1-3H3. The highest BCUT2D eigenvalue weighted by Gasteiger charge is 1.96. The fraction of sp³-hybridized carbons (Fsp3) is 0.636. The lowest BCUT2D eigenvalue weighted by molar-refractivity contribution is 0.740. The van der Waals surface area contributed by atoms with Crippen LogP contribution in [0.4, 0.5) is 0 Å². The average molecular weight is 229 g/mol. The minimum Gasteiger partial charge on any atom is -0.311 e. The minimum absolute atomic E-state index is 0.751. The molecule has 14 heavy (non-hydrogen) atoms. The Balaban J connectivity index is 2.04. The Morgan fingerprint density at radius 2 is 2.21 bits per heavy atom. The molecule has 1 heterocycles. The van der Waals surface area contributed by atoms with Gasteiger partial charge in [-0.2, -0.15) is 11.8 Å². The first-order chi connectivity index (χ1) is 6.68. The number of thiophene rings is 1. The van der Waals surface area contributed by atoms with Gasteiger partial charge in [-0.15, -0.1) is 11.3 Å². The third kappa shape index (κ3) is 5.03. The lowest BCUT2D eigenvalue weighted by Crippen LogP contribution is -2.16. The summed E-state index contributed by atoms with van der Waals surface area (Å²) >= 11 is 3.90. The Bertz CT molecular complexity index is 256. The predicted octanol–water partition coefficient (Wildman–Crippen LogP) is 3.29. The van der Waals surface area contributed by atoms with Gasteiger partial charge in [0.1, 0.15) is 0 Å². The second-order valence-electron chi connectivity index (χ2n) is 3.61. The van der Waals surface area contributed by atoms with Crippen LogP contribution in [0.15, 0.2) is 12.1 Å². The van der Waals surface area contributed by atoms with Gasteiger partial charge in [-0.3, -0.25) is 0 Å². The Kier molecular flexibility index (Phi) is 5.60. The Labute approximate surface area is 95.3 Å². The summed E-state index contributed by atoms with van der Waals surface area (Å²) in [6.07, 6.45) is 0. The normalized spacial score (nSPS) is 11.1. The molecule has 1 N–H and O–H groups in total. The minimum atomic E-state index is 0.751. The first-order valence-electron chi connectivity index (χ1n) is 5.06. The van der Waals surface area contributed by atoms with Crippen molar-refractivity contribution < 1.29 is 0 Å². The zero-order valence-corrected chi connectivity index (χ0v) is 10.8. The van der Waals surface area contributed by atoms with Gasteiger partial charge < -0.3 is 5.32 Å². The molecule has 0 spiro atoms. The van der Waals surface area contributed by atoms with Crippen molar-refractivity contribution in [2.24, 2.45) is 0 Å². The van der Waals surface area contributed by atoms with Crippen molar-refractivity contribution in [3.05, 3.63) is 21.9 Å². The summed E-state index contributed by atoms with van der Waals surface area (Å²) in [5.74, 6) is 1.21. The van der Waals surface area contributed by atoms with Crippen LogP contribution in [-0.4, -0.2) is 17.5 Å². The highest BCUT2D eigenvalue weighted by atomic mass is 32.2. The Morgan fingerprint density at radius 3 is 2.79 bits per heavy atom. The summed E-state index contributed by atoms with van der Waals surface area (Å²) < 4.78 is 0. The van der Waals surface area contributed by atoms with Gasteiger partial charge in [-0.25, -0.2) is 0 Å². The van der Waals surface area contributed by atoms with Crippen LogP contribution in [0.5, 0.6) is 0 Å². The van der Waals surface area contributed by atoms with E-state index in [1.54, 1.807) is 0 Å². The summed E-state index contributed by atoms with van der Waals surface area (Å²) in [6, 6.07) is 4.40. The van der Waals surface area contributed by atoms with Crippen LogP contribution in [0.1, 0.15) is 23.6 Å². The average Bonchev–Trinajstić information content (AvgIpc) is 2.50. The molecule has 0 atom stereocenters. The Hall–Kier alpha value is 0.01000. The van der Waals surface area contributed by atoms with Crippen molar-refractivity contribution in [1.29, 1.82) is 0 Å². The van der Waals surface area contributed by atoms with Gasteiger partial charge >= 0.3 is 0 Å². The van der Waals surface area contributed by atoms with Crippen LogP contribution in [0, 0.1) is 6.92 Å². The monoisotopic (exact) mass is 229 g/mol. The number of aryl methyl sites for hydroxylation is 1. The van der Waals surface area contributed by atoms with Gasteiger partial charge in [0, 0.05) is 28.6 Å². The molecule has 0 aliphatic heterocycles. The molecule has 0 amide bonds. The number of nitrogens with one attached hydrogen (secondary N) is 1. The maximum absolute atomic E-state index is 3.46. The molecule has 0 fully saturated rings. The highest BCUT2D eigenvalue weighted by Crippen LogP contribution is 2.14. The summed E-state index contributed by atoms with van der Waals surface area (Å²) in [5, 5.41) is 4.21. The molecular weight excluding hydrogens is 210 g/mol. The smallest absolute Gasteiger partial charge is 0.0300 e. The van der Waals surface area contributed by atoms with E-state index in [9.17, 15) is 0 Å². The van der Waals surface area contributed by atoms with E-state index in [2.05, 4.69) is 38.2 Å². The fourth-order valence-electron chi connectivity index (χ4n) is 1.16. The van der Waals surface area contributed by atoms with Gasteiger partial charge in [0.25, 0.3) is 0 Å². The molecule has 0 aromatic carbocycles. The first kappa shape index (κ1) is 12.1. The molecule has 0 radical (unpaired) electrons. The van der Waals surface area contributed by atoms with Crippen LogP contribution in [0.3, 0.4) is 0 Å². The third-order valence-electron chi connectivity index (χ3n) is 1.83. The van der Waals surface area contributed by atoms with Crippen LogP contribution in [0.2, 0.25) is 0 Å². The van der Waals surface area contributed by atoms with E-state index < -0.39 is 0 Å². The Morgan fingerprint density at radius 1 is 1.43 bits per heavy atom. The number of hydrogen-bond acceptors (Lipinski definition) is 3. The molecule has 0 aliphatic rings. The molecule has 0 saturated carbocycles. The quantitative estimate of drug-likeness (QED) is 0.751. The lowest BCUT2D eigenvalue weighted by Gasteiger charge is -2.05. The van der Waals surface area contributed by atoms with Crippen LogP contribution >= 0.6 is 23.1 Å². The van der Waals surface area contributed by atoms with E-state index >= 15 is 0 Å². The summed E-state index contributed by atoms with van der Waals surface area (Å²) in [5.41, 5.74) is 0. The van der Waals surface area contributed by atoms with Gasteiger partial charge in [0.05, 0.1) is 0 Å². The van der Waals surface area contributed by atoms with Crippen LogP contribution < -0.4 is 5.32 Å². The van der Waals surface area contributed by atoms with E-state index in [0.717, 1.165) is 18.3 Å². The SMILES string of the molecule is Cc1ccc(CNCCSC(C)C)s1. The second kappa shape index (κ2) is 6.49. The molecule has 1 rings (SSSR count). The van der Waals surface area contributed by atoms with Crippen molar-refractivity contribution >= 4 is 23.1 Å². The molecule has 1 aromatic heterocycles. The van der Waals surface area contributed by atoms with Crippen molar-refractivity contribution in [2.45, 2.75) is 32.6 Å². The van der Waals surface area contributed by atoms with Gasteiger partial charge in [0.15, 0.2) is 0 Å². The van der Waals surface area contributed by atoms with E-state index in [1.807, 2.05) is 23.1 Å². The largest absolute Gasteiger partial charge is 0.311 e. The number of hydrogen-bond donors (Lipinski definition) is 1. The van der Waals surface area contributed by atoms with Gasteiger partial charge in [0.2, 0.25) is 0 Å². The van der Waals surface area contributed by atoms with E-state index in [4.69, 9.17) is 0 Å². The summed E-state index contributed by atoms with van der Waals surface area (Å²) in [4.78, 5) is 2.84. The first-order valence-corrected chi connectivity index (χ1v) is 6.92. The van der Waals surface area contributed by atoms with Gasteiger partial charge in [-0.05, 0) is 24.3 Å². The fourth-order valence-corrected chi connectivity index (χ4v) is 2.75. The third-order valence-corrected chi connectivity index (χ3v) is 3.93. The van der Waals surface area contributed by atoms with Gasteiger partial charge in [-0.1, -0.05) is 13.8 Å². The van der Waals surface area contributed by atoms with Crippen molar-refractivity contribution in [2.75, 3.05) is 12.3 Å². The van der Waals surface area contributed by atoms with E-state index in [-0.39, 0.29) is 0 Å². The highest BCUT2D eigenvalue weighted by molar-refractivity contribution is 7.99. The number of rotatable bonds is 6. The zero-order chi connectivity index (χ0) is 10.4. The summed E-state index contributed by atoms with van der Waals surface area (Å²) in [6.45, 7) is 8.78. The number of thioether (sulfide) groups is 1. The molecule has 3 heteroatoms. The molecule has 80 valence electrons.